The predicted octanol–water partition coefficient (Wildman–Crippen LogP) is 0.895. The van der Waals surface area contributed by atoms with Crippen LogP contribution in [-0.2, 0) is 27.4 Å². The number of hydrogen-bond acceptors (Lipinski definition) is 7. The van der Waals surface area contributed by atoms with Crippen LogP contribution in [0.3, 0.4) is 0 Å². The van der Waals surface area contributed by atoms with Gasteiger partial charge in [0.05, 0.1) is 5.69 Å². The summed E-state index contributed by atoms with van der Waals surface area (Å²) in [7, 11) is 0. The lowest BCUT2D eigenvalue weighted by molar-refractivity contribution is -0.136. The van der Waals surface area contributed by atoms with Crippen molar-refractivity contribution in [1.82, 2.24) is 25.0 Å². The molecule has 10 nitrogen and oxygen atoms in total. The second kappa shape index (κ2) is 8.50. The molecule has 1 N–H and O–H groups in total. The summed E-state index contributed by atoms with van der Waals surface area (Å²) < 4.78 is 5.43. The van der Waals surface area contributed by atoms with Gasteiger partial charge < -0.3 is 14.5 Å². The fourth-order valence-corrected chi connectivity index (χ4v) is 4.20. The Morgan fingerprint density at radius 1 is 1.16 bits per heavy atom. The minimum Gasteiger partial charge on any atom is -0.444 e. The summed E-state index contributed by atoms with van der Waals surface area (Å²) in [5.74, 6) is -1.00. The molecule has 1 atom stereocenters. The van der Waals surface area contributed by atoms with Crippen LogP contribution in [0.1, 0.15) is 55.4 Å². The van der Waals surface area contributed by atoms with Crippen molar-refractivity contribution >= 4 is 23.8 Å². The molecule has 2 saturated heterocycles. The highest BCUT2D eigenvalue weighted by Crippen LogP contribution is 2.26. The average molecular weight is 444 g/mol. The molecule has 0 aromatic carbocycles. The SMILES string of the molecule is CC(C)(C)OC(=O)N1CCN(Cc2ccc3c(n2)C(=O)N(C2CCC(=O)NC2=O)C3)CC1. The number of piperidine rings is 1. The number of aromatic nitrogens is 1. The third kappa shape index (κ3) is 4.74. The highest BCUT2D eigenvalue weighted by Gasteiger charge is 2.40. The van der Waals surface area contributed by atoms with Crippen molar-refractivity contribution in [2.75, 3.05) is 26.2 Å². The number of imide groups is 1. The monoisotopic (exact) mass is 443 g/mol. The minimum atomic E-state index is -0.640. The van der Waals surface area contributed by atoms with Crippen molar-refractivity contribution in [2.45, 2.75) is 58.3 Å². The third-order valence-electron chi connectivity index (χ3n) is 5.84. The molecule has 172 valence electrons. The topological polar surface area (TPSA) is 112 Å². The zero-order chi connectivity index (χ0) is 23.0. The first-order valence-electron chi connectivity index (χ1n) is 10.9. The summed E-state index contributed by atoms with van der Waals surface area (Å²) in [6.07, 6.45) is 0.260. The molecule has 32 heavy (non-hydrogen) atoms. The molecular weight excluding hydrogens is 414 g/mol. The van der Waals surface area contributed by atoms with E-state index in [2.05, 4.69) is 15.2 Å². The highest BCUT2D eigenvalue weighted by atomic mass is 16.6. The quantitative estimate of drug-likeness (QED) is 0.691. The molecule has 0 bridgehead atoms. The van der Waals surface area contributed by atoms with Gasteiger partial charge in [-0.25, -0.2) is 9.78 Å². The number of pyridine rings is 1. The van der Waals surface area contributed by atoms with E-state index < -0.39 is 17.6 Å². The Balaban J connectivity index is 1.35. The van der Waals surface area contributed by atoms with Gasteiger partial charge in [0.15, 0.2) is 0 Å². The number of carbonyl (C=O) groups is 4. The number of hydrogen-bond donors (Lipinski definition) is 1. The Bertz CT molecular complexity index is 949. The molecule has 0 saturated carbocycles. The molecule has 0 radical (unpaired) electrons. The lowest BCUT2D eigenvalue weighted by Crippen LogP contribution is -2.52. The largest absolute Gasteiger partial charge is 0.444 e. The molecule has 3 aliphatic heterocycles. The van der Waals surface area contributed by atoms with E-state index in [4.69, 9.17) is 4.74 Å². The van der Waals surface area contributed by atoms with Gasteiger partial charge in [0.1, 0.15) is 17.3 Å². The number of rotatable bonds is 3. The summed E-state index contributed by atoms with van der Waals surface area (Å²) in [6, 6.07) is 3.15. The lowest BCUT2D eigenvalue weighted by Gasteiger charge is -2.35. The number of nitrogens with zero attached hydrogens (tertiary/aromatic N) is 4. The maximum Gasteiger partial charge on any atom is 0.410 e. The van der Waals surface area contributed by atoms with Crippen LogP contribution < -0.4 is 5.32 Å². The Morgan fingerprint density at radius 2 is 1.88 bits per heavy atom. The lowest BCUT2D eigenvalue weighted by atomic mass is 10.0. The summed E-state index contributed by atoms with van der Waals surface area (Å²) in [4.78, 5) is 58.7. The van der Waals surface area contributed by atoms with Crippen LogP contribution in [0.5, 0.6) is 0 Å². The van der Waals surface area contributed by atoms with Gasteiger partial charge in [-0.05, 0) is 33.3 Å². The van der Waals surface area contributed by atoms with Crippen molar-refractivity contribution in [3.63, 3.8) is 0 Å². The maximum atomic E-state index is 12.9. The van der Waals surface area contributed by atoms with E-state index in [1.807, 2.05) is 32.9 Å². The van der Waals surface area contributed by atoms with Crippen LogP contribution in [0.25, 0.3) is 0 Å². The molecule has 1 unspecified atom stereocenters. The Morgan fingerprint density at radius 3 is 2.53 bits per heavy atom. The van der Waals surface area contributed by atoms with Crippen LogP contribution in [0.2, 0.25) is 0 Å². The second-order valence-electron chi connectivity index (χ2n) is 9.45. The van der Waals surface area contributed by atoms with Crippen LogP contribution >= 0.6 is 0 Å². The Hall–Kier alpha value is -3.01. The van der Waals surface area contributed by atoms with E-state index in [0.29, 0.717) is 51.4 Å². The molecule has 3 aliphatic rings. The number of ether oxygens (including phenoxy) is 1. The normalized spacial score (nSPS) is 22.1. The van der Waals surface area contributed by atoms with Gasteiger partial charge >= 0.3 is 6.09 Å². The molecule has 0 aliphatic carbocycles. The van der Waals surface area contributed by atoms with E-state index in [1.54, 1.807) is 4.90 Å². The van der Waals surface area contributed by atoms with Crippen molar-refractivity contribution < 1.29 is 23.9 Å². The number of carbonyl (C=O) groups excluding carboxylic acids is 4. The molecule has 4 heterocycles. The number of nitrogens with one attached hydrogen (secondary N) is 1. The number of fused-ring (bicyclic) bond motifs is 1. The molecular formula is C22H29N5O5. The highest BCUT2D eigenvalue weighted by molar-refractivity contribution is 6.04. The predicted molar refractivity (Wildman–Crippen MR) is 113 cm³/mol. The summed E-state index contributed by atoms with van der Waals surface area (Å²) in [5.41, 5.74) is 1.42. The Kier molecular flexibility index (Phi) is 5.89. The molecule has 2 fully saturated rings. The zero-order valence-corrected chi connectivity index (χ0v) is 18.7. The maximum absolute atomic E-state index is 12.9. The summed E-state index contributed by atoms with van der Waals surface area (Å²) in [6.45, 7) is 8.96. The molecule has 10 heteroatoms. The van der Waals surface area contributed by atoms with E-state index in [0.717, 1.165) is 11.3 Å². The van der Waals surface area contributed by atoms with E-state index in [1.165, 1.54) is 4.90 Å². The Labute approximate surface area is 186 Å². The van der Waals surface area contributed by atoms with Crippen LogP contribution in [0.4, 0.5) is 4.79 Å². The van der Waals surface area contributed by atoms with Crippen molar-refractivity contribution in [3.05, 3.63) is 29.1 Å². The van der Waals surface area contributed by atoms with Gasteiger partial charge in [0.25, 0.3) is 5.91 Å². The molecule has 0 spiro atoms. The van der Waals surface area contributed by atoms with Gasteiger partial charge in [-0.15, -0.1) is 0 Å². The van der Waals surface area contributed by atoms with Crippen LogP contribution in [0.15, 0.2) is 12.1 Å². The fraction of sp³-hybridized carbons (Fsp3) is 0.591. The fourth-order valence-electron chi connectivity index (χ4n) is 4.20. The van der Waals surface area contributed by atoms with Gasteiger partial charge in [-0.3, -0.25) is 24.6 Å². The van der Waals surface area contributed by atoms with Gasteiger partial charge in [-0.2, -0.15) is 0 Å². The first kappa shape index (κ1) is 22.2. The van der Waals surface area contributed by atoms with E-state index in [9.17, 15) is 19.2 Å². The summed E-state index contributed by atoms with van der Waals surface area (Å²) in [5, 5.41) is 2.31. The van der Waals surface area contributed by atoms with Crippen LogP contribution in [0, 0.1) is 0 Å². The molecule has 1 aromatic heterocycles. The average Bonchev–Trinajstić information content (AvgIpc) is 3.03. The van der Waals surface area contributed by atoms with Gasteiger partial charge in [0.2, 0.25) is 11.8 Å². The molecule has 4 amide bonds. The van der Waals surface area contributed by atoms with E-state index >= 15 is 0 Å². The van der Waals surface area contributed by atoms with Gasteiger partial charge in [0, 0.05) is 51.3 Å². The van der Waals surface area contributed by atoms with Crippen molar-refractivity contribution in [1.29, 1.82) is 0 Å². The first-order chi connectivity index (χ1) is 15.1. The zero-order valence-electron chi connectivity index (χ0n) is 18.7. The minimum absolute atomic E-state index is 0.227. The molecule has 1 aromatic rings. The van der Waals surface area contributed by atoms with Crippen molar-refractivity contribution in [2.24, 2.45) is 0 Å². The van der Waals surface area contributed by atoms with Crippen LogP contribution in [-0.4, -0.2) is 81.3 Å². The van der Waals surface area contributed by atoms with Crippen molar-refractivity contribution in [3.8, 4) is 0 Å². The first-order valence-corrected chi connectivity index (χ1v) is 10.9. The standard InChI is InChI=1S/C22H29N5O5/c1-22(2,3)32-21(31)26-10-8-25(9-11-26)13-15-5-4-14-12-27(20(30)18(14)23-15)16-6-7-17(28)24-19(16)29/h4-5,16H,6-13H2,1-3H3,(H,24,28,29). The summed E-state index contributed by atoms with van der Waals surface area (Å²) >= 11 is 0. The second-order valence-corrected chi connectivity index (χ2v) is 9.45. The van der Waals surface area contributed by atoms with Gasteiger partial charge in [-0.1, -0.05) is 6.07 Å². The number of amides is 4. The molecule has 4 rings (SSSR count). The smallest absolute Gasteiger partial charge is 0.410 e. The third-order valence-corrected chi connectivity index (χ3v) is 5.84. The number of piperazine rings is 1. The van der Waals surface area contributed by atoms with E-state index in [-0.39, 0.29) is 24.3 Å².